The fourth-order valence-electron chi connectivity index (χ4n) is 5.93. The number of hydrogen-bond donors (Lipinski definition) is 5. The van der Waals surface area contributed by atoms with Crippen LogP contribution in [0.15, 0.2) is 127 Å². The Balaban J connectivity index is 0.000000291. The van der Waals surface area contributed by atoms with Crippen LogP contribution in [-0.4, -0.2) is 38.8 Å². The van der Waals surface area contributed by atoms with Crippen molar-refractivity contribution in [3.05, 3.63) is 129 Å². The molecule has 0 atom stereocenters. The summed E-state index contributed by atoms with van der Waals surface area (Å²) in [5.41, 5.74) is 7.65. The monoisotopic (exact) mass is 827 g/mol. The lowest BCUT2D eigenvalue weighted by atomic mass is 10.1. The number of unbranched alkanes of at least 4 members (excludes halogenated alkanes) is 7. The molecule has 4 aromatic carbocycles. The molecule has 12 heteroatoms. The fraction of sp³-hybridized carbons (Fsp3) is 0.273. The maximum Gasteiger partial charge on any atom is 0.205 e. The van der Waals surface area contributed by atoms with E-state index in [0.29, 0.717) is 29.1 Å². The van der Waals surface area contributed by atoms with Crippen LogP contribution in [0.1, 0.15) is 58.8 Å². The second-order valence-electron chi connectivity index (χ2n) is 13.0. The van der Waals surface area contributed by atoms with E-state index in [2.05, 4.69) is 15.9 Å². The molecule has 6 rings (SSSR count). The quantitative estimate of drug-likeness (QED) is 0.0206. The number of ether oxygens (including phenoxy) is 1. The van der Waals surface area contributed by atoms with Crippen LogP contribution in [0.2, 0.25) is 0 Å². The molecule has 0 spiro atoms. The minimum absolute atomic E-state index is 0. The summed E-state index contributed by atoms with van der Waals surface area (Å²) in [5, 5.41) is 32.8. The molecule has 0 unspecified atom stereocenters. The molecule has 7 N–H and O–H groups in total. The van der Waals surface area contributed by atoms with Gasteiger partial charge in [-0.3, -0.25) is 9.59 Å². The largest absolute Gasteiger partial charge is 0.504 e. The van der Waals surface area contributed by atoms with E-state index in [-0.39, 0.29) is 58.7 Å². The lowest BCUT2D eigenvalue weighted by Gasteiger charge is -2.16. The molecule has 0 saturated carbocycles. The Labute approximate surface area is 334 Å². The van der Waals surface area contributed by atoms with Crippen molar-refractivity contribution >= 4 is 37.9 Å². The van der Waals surface area contributed by atoms with Crippen LogP contribution in [0.25, 0.3) is 44.6 Å². The van der Waals surface area contributed by atoms with Crippen LogP contribution in [-0.2, 0) is 0 Å². The molecule has 0 bridgehead atoms. The van der Waals surface area contributed by atoms with E-state index >= 15 is 0 Å². The highest BCUT2D eigenvalue weighted by Gasteiger charge is 2.16. The van der Waals surface area contributed by atoms with E-state index in [0.717, 1.165) is 29.3 Å². The number of halogens is 1. The predicted molar refractivity (Wildman–Crippen MR) is 227 cm³/mol. The number of fused-ring (bicyclic) bond motifs is 2. The molecule has 2 aromatic heterocycles. The lowest BCUT2D eigenvalue weighted by Crippen LogP contribution is -2.28. The molecule has 0 aliphatic rings. The van der Waals surface area contributed by atoms with Crippen LogP contribution in [0.5, 0.6) is 23.0 Å². The zero-order valence-electron chi connectivity index (χ0n) is 30.5. The van der Waals surface area contributed by atoms with Crippen molar-refractivity contribution in [1.82, 2.24) is 5.01 Å². The number of hydrazine groups is 1. The van der Waals surface area contributed by atoms with E-state index in [1.54, 1.807) is 23.3 Å². The number of benzene rings is 4. The fourth-order valence-corrected chi connectivity index (χ4v) is 6.32. The Bertz CT molecular complexity index is 2310. The topological polar surface area (TPSA) is 186 Å². The van der Waals surface area contributed by atoms with Gasteiger partial charge in [0.2, 0.25) is 11.5 Å². The minimum Gasteiger partial charge on any atom is -0.504 e. The van der Waals surface area contributed by atoms with Gasteiger partial charge in [-0.1, -0.05) is 123 Å². The molecule has 0 saturated heterocycles. The van der Waals surface area contributed by atoms with Gasteiger partial charge in [0.1, 0.15) is 18.1 Å². The molecule has 0 amide bonds. The molecule has 56 heavy (non-hydrogen) atoms. The molecule has 0 aliphatic carbocycles. The number of alkyl halides is 1. The van der Waals surface area contributed by atoms with Gasteiger partial charge in [0.15, 0.2) is 33.5 Å². The number of aromatic hydroxyl groups is 3. The average Bonchev–Trinajstić information content (AvgIpc) is 3.19. The number of hydrogen-bond acceptors (Lipinski definition) is 11. The van der Waals surface area contributed by atoms with E-state index in [1.807, 2.05) is 48.5 Å². The van der Waals surface area contributed by atoms with E-state index in [4.69, 9.17) is 25.1 Å². The van der Waals surface area contributed by atoms with Gasteiger partial charge in [0.25, 0.3) is 0 Å². The molecule has 296 valence electrons. The maximum absolute atomic E-state index is 12.7. The average molecular weight is 829 g/mol. The van der Waals surface area contributed by atoms with E-state index in [1.165, 1.54) is 74.9 Å². The SMILES string of the molecule is C.N/C(=C\N(N)CCCCCCCCCCBr)COc1c(O)ccc2c(=O)cc(-c3ccccc3)oc12.O=c1cc(-c2ccccc2)oc2c(O)c(O)ccc12. The minimum atomic E-state index is -0.424. The molecule has 0 aliphatic heterocycles. The van der Waals surface area contributed by atoms with Gasteiger partial charge < -0.3 is 39.6 Å². The third kappa shape index (κ3) is 11.6. The normalized spacial score (nSPS) is 11.1. The smallest absolute Gasteiger partial charge is 0.205 e. The van der Waals surface area contributed by atoms with Crippen LogP contribution in [0.4, 0.5) is 0 Å². The number of phenolic OH excluding ortho intramolecular Hbond substituents is 3. The van der Waals surface area contributed by atoms with Gasteiger partial charge in [-0.15, -0.1) is 0 Å². The van der Waals surface area contributed by atoms with Gasteiger partial charge in [-0.2, -0.15) is 0 Å². The highest BCUT2D eigenvalue weighted by molar-refractivity contribution is 9.09. The summed E-state index contributed by atoms with van der Waals surface area (Å²) in [6, 6.07) is 26.8. The molecule has 6 aromatic rings. The standard InChI is InChI=1S/C28H36BrN3O4.C15H10O4.CH4/c29-16-10-5-3-1-2-4-6-11-17-32(31)19-22(30)20-35-28-24(33)15-14-23-25(34)18-26(36-27(23)28)21-12-8-7-9-13-21;16-11-7-6-10-12(17)8-13(19-15(10)14(11)18)9-4-2-1-3-5-9;/h7-9,12-15,18-19,33H,1-6,10-11,16-17,20,30-31H2;1-8,16,18H;1H4/b22-19-;;. The first-order chi connectivity index (χ1) is 26.7. The van der Waals surface area contributed by atoms with Crippen molar-refractivity contribution in [3.63, 3.8) is 0 Å². The second kappa shape index (κ2) is 21.4. The number of rotatable bonds is 16. The number of nitrogens with zero attached hydrogens (tertiary/aromatic N) is 1. The Morgan fingerprint density at radius 1 is 0.679 bits per heavy atom. The summed E-state index contributed by atoms with van der Waals surface area (Å²) >= 11 is 3.47. The van der Waals surface area contributed by atoms with Gasteiger partial charge in [0.05, 0.1) is 16.5 Å². The Hall–Kier alpha value is -5.72. The van der Waals surface area contributed by atoms with Gasteiger partial charge in [0, 0.05) is 41.3 Å². The van der Waals surface area contributed by atoms with Crippen LogP contribution < -0.4 is 27.2 Å². The zero-order valence-corrected chi connectivity index (χ0v) is 32.0. The second-order valence-corrected chi connectivity index (χ2v) is 13.8. The third-order valence-electron chi connectivity index (χ3n) is 8.81. The van der Waals surface area contributed by atoms with Crippen LogP contribution >= 0.6 is 15.9 Å². The van der Waals surface area contributed by atoms with Gasteiger partial charge >= 0.3 is 0 Å². The van der Waals surface area contributed by atoms with Crippen molar-refractivity contribution in [2.24, 2.45) is 11.6 Å². The first-order valence-corrected chi connectivity index (χ1v) is 19.3. The highest BCUT2D eigenvalue weighted by Crippen LogP contribution is 2.36. The highest BCUT2D eigenvalue weighted by atomic mass is 79.9. The summed E-state index contributed by atoms with van der Waals surface area (Å²) in [5.74, 6) is 5.99. The molecule has 0 fully saturated rings. The van der Waals surface area contributed by atoms with Gasteiger partial charge in [-0.25, -0.2) is 5.84 Å². The van der Waals surface area contributed by atoms with Crippen LogP contribution in [0.3, 0.4) is 0 Å². The third-order valence-corrected chi connectivity index (χ3v) is 9.37. The van der Waals surface area contributed by atoms with Crippen LogP contribution in [0, 0.1) is 0 Å². The summed E-state index contributed by atoms with van der Waals surface area (Å²) in [7, 11) is 0. The van der Waals surface area contributed by atoms with Gasteiger partial charge in [-0.05, 0) is 37.1 Å². The summed E-state index contributed by atoms with van der Waals surface area (Å²) in [4.78, 5) is 24.7. The zero-order chi connectivity index (χ0) is 39.2. The van der Waals surface area contributed by atoms with E-state index in [9.17, 15) is 24.9 Å². The summed E-state index contributed by atoms with van der Waals surface area (Å²) in [6.45, 7) is 0.674. The number of nitrogens with two attached hydrogens (primary N) is 2. The molecule has 0 radical (unpaired) electrons. The molecular weight excluding hydrogens is 778 g/mol. The number of phenols is 3. The first kappa shape index (κ1) is 43.0. The van der Waals surface area contributed by atoms with Crippen molar-refractivity contribution in [3.8, 4) is 45.6 Å². The lowest BCUT2D eigenvalue weighted by molar-refractivity contribution is 0.316. The summed E-state index contributed by atoms with van der Waals surface area (Å²) in [6.07, 6.45) is 11.4. The molecule has 11 nitrogen and oxygen atoms in total. The van der Waals surface area contributed by atoms with E-state index < -0.39 is 5.75 Å². The van der Waals surface area contributed by atoms with Crippen molar-refractivity contribution in [2.75, 3.05) is 18.5 Å². The maximum atomic E-state index is 12.7. The van der Waals surface area contributed by atoms with Crippen molar-refractivity contribution < 1.29 is 28.9 Å². The Kier molecular flexibility index (Phi) is 16.4. The van der Waals surface area contributed by atoms with Crippen molar-refractivity contribution in [2.45, 2.75) is 58.8 Å². The molecular formula is C44H50BrN3O8. The Morgan fingerprint density at radius 3 is 1.71 bits per heavy atom. The molecule has 2 heterocycles. The van der Waals surface area contributed by atoms with Crippen molar-refractivity contribution in [1.29, 1.82) is 0 Å². The predicted octanol–water partition coefficient (Wildman–Crippen LogP) is 9.54. The Morgan fingerprint density at radius 2 is 1.16 bits per heavy atom. The summed E-state index contributed by atoms with van der Waals surface area (Å²) < 4.78 is 17.3. The first-order valence-electron chi connectivity index (χ1n) is 18.2.